The molecule has 6 heteroatoms. The van der Waals surface area contributed by atoms with Gasteiger partial charge in [-0.2, -0.15) is 0 Å². The second-order valence-electron chi connectivity index (χ2n) is 3.24. The highest BCUT2D eigenvalue weighted by molar-refractivity contribution is 5.83. The van der Waals surface area contributed by atoms with E-state index >= 15 is 0 Å². The van der Waals surface area contributed by atoms with Gasteiger partial charge in [-0.05, 0) is 19.4 Å². The molecule has 1 amide bonds. The molecule has 0 rings (SSSR count). The number of nitrogens with one attached hydrogen (secondary N) is 1. The fourth-order valence-corrected chi connectivity index (χ4v) is 1.06. The molecule has 0 aliphatic carbocycles. The monoisotopic (exact) mass is 218 g/mol. The van der Waals surface area contributed by atoms with Crippen LogP contribution in [0.5, 0.6) is 0 Å². The maximum absolute atomic E-state index is 11.2. The maximum atomic E-state index is 11.2. The third kappa shape index (κ3) is 6.87. The molecule has 0 radical (unpaired) electrons. The quantitative estimate of drug-likeness (QED) is 0.393. The molecule has 0 aliphatic rings. The van der Waals surface area contributed by atoms with Gasteiger partial charge < -0.3 is 21.3 Å². The van der Waals surface area contributed by atoms with Crippen LogP contribution >= 0.6 is 0 Å². The first-order valence-electron chi connectivity index (χ1n) is 4.95. The van der Waals surface area contributed by atoms with Crippen LogP contribution in [0.2, 0.25) is 0 Å². The van der Waals surface area contributed by atoms with Crippen LogP contribution in [0.25, 0.3) is 0 Å². The Morgan fingerprint density at radius 3 is 2.40 bits per heavy atom. The zero-order valence-electron chi connectivity index (χ0n) is 8.61. The van der Waals surface area contributed by atoms with E-state index in [0.717, 1.165) is 12.8 Å². The van der Waals surface area contributed by atoms with E-state index in [-0.39, 0.29) is 12.3 Å². The number of nitrogens with two attached hydrogens (primary N) is 1. The molecule has 0 saturated heterocycles. The summed E-state index contributed by atoms with van der Waals surface area (Å²) >= 11 is 0. The molecule has 0 spiro atoms. The van der Waals surface area contributed by atoms with Gasteiger partial charge in [0.15, 0.2) is 0 Å². The summed E-state index contributed by atoms with van der Waals surface area (Å²) in [5.74, 6) is -1.58. The summed E-state index contributed by atoms with van der Waals surface area (Å²) in [6.07, 6.45) is 2.65. The van der Waals surface area contributed by atoms with Gasteiger partial charge in [-0.25, -0.2) is 4.79 Å². The Bertz CT molecular complexity index is 208. The van der Waals surface area contributed by atoms with Gasteiger partial charge in [0.25, 0.3) is 0 Å². The van der Waals surface area contributed by atoms with Crippen LogP contribution in [-0.4, -0.2) is 41.3 Å². The second-order valence-corrected chi connectivity index (χ2v) is 3.24. The normalized spacial score (nSPS) is 12.1. The topological polar surface area (TPSA) is 113 Å². The van der Waals surface area contributed by atoms with E-state index < -0.39 is 18.6 Å². The standard InChI is InChI=1S/C9H18N2O4/c10-5-3-1-2-4-8(13)11-7(6-12)9(14)15/h7,12H,1-6,10H2,(H,11,13)(H,14,15). The van der Waals surface area contributed by atoms with E-state index in [0.29, 0.717) is 13.0 Å². The zero-order chi connectivity index (χ0) is 11.7. The van der Waals surface area contributed by atoms with Crippen molar-refractivity contribution in [3.63, 3.8) is 0 Å². The van der Waals surface area contributed by atoms with Crippen LogP contribution in [0.1, 0.15) is 25.7 Å². The maximum Gasteiger partial charge on any atom is 0.328 e. The summed E-state index contributed by atoms with van der Waals surface area (Å²) in [7, 11) is 0. The SMILES string of the molecule is NCCCCCC(=O)NC(CO)C(=O)O. The van der Waals surface area contributed by atoms with Gasteiger partial charge in [-0.15, -0.1) is 0 Å². The molecular weight excluding hydrogens is 200 g/mol. The van der Waals surface area contributed by atoms with Gasteiger partial charge in [-0.1, -0.05) is 6.42 Å². The highest BCUT2D eigenvalue weighted by atomic mass is 16.4. The molecule has 1 atom stereocenters. The average molecular weight is 218 g/mol. The summed E-state index contributed by atoms with van der Waals surface area (Å²) in [4.78, 5) is 21.6. The van der Waals surface area contributed by atoms with Gasteiger partial charge >= 0.3 is 5.97 Å². The predicted octanol–water partition coefficient (Wildman–Crippen LogP) is -0.933. The van der Waals surface area contributed by atoms with Crippen LogP contribution in [0, 0.1) is 0 Å². The lowest BCUT2D eigenvalue weighted by Crippen LogP contribution is -2.43. The van der Waals surface area contributed by atoms with Crippen molar-refractivity contribution < 1.29 is 19.8 Å². The molecular formula is C9H18N2O4. The summed E-state index contributed by atoms with van der Waals surface area (Å²) in [6, 6.07) is -1.20. The molecule has 0 aromatic rings. The molecule has 0 aromatic carbocycles. The number of hydrogen-bond donors (Lipinski definition) is 4. The van der Waals surface area contributed by atoms with E-state index in [9.17, 15) is 9.59 Å². The van der Waals surface area contributed by atoms with E-state index in [1.807, 2.05) is 0 Å². The Morgan fingerprint density at radius 1 is 1.27 bits per heavy atom. The lowest BCUT2D eigenvalue weighted by Gasteiger charge is -2.11. The third-order valence-electron chi connectivity index (χ3n) is 1.92. The van der Waals surface area contributed by atoms with Gasteiger partial charge in [-0.3, -0.25) is 4.79 Å². The van der Waals surface area contributed by atoms with E-state index in [2.05, 4.69) is 5.32 Å². The third-order valence-corrected chi connectivity index (χ3v) is 1.92. The lowest BCUT2D eigenvalue weighted by molar-refractivity contribution is -0.142. The fourth-order valence-electron chi connectivity index (χ4n) is 1.06. The molecule has 0 aliphatic heterocycles. The number of carboxylic acid groups (broad SMARTS) is 1. The number of carbonyl (C=O) groups is 2. The number of aliphatic hydroxyl groups is 1. The second kappa shape index (κ2) is 8.19. The van der Waals surface area contributed by atoms with E-state index in [1.165, 1.54) is 0 Å². The summed E-state index contributed by atoms with van der Waals surface area (Å²) in [6.45, 7) is -0.000116. The van der Waals surface area contributed by atoms with E-state index in [1.54, 1.807) is 0 Å². The number of unbranched alkanes of at least 4 members (excludes halogenated alkanes) is 2. The molecule has 0 fully saturated rings. The van der Waals surface area contributed by atoms with Gasteiger partial charge in [0.2, 0.25) is 5.91 Å². The minimum Gasteiger partial charge on any atom is -0.480 e. The first-order chi connectivity index (χ1) is 7.11. The molecule has 5 N–H and O–H groups in total. The smallest absolute Gasteiger partial charge is 0.328 e. The Kier molecular flexibility index (Phi) is 7.57. The van der Waals surface area contributed by atoms with Crippen molar-refractivity contribution in [3.05, 3.63) is 0 Å². The number of rotatable bonds is 8. The molecule has 0 aromatic heterocycles. The highest BCUT2D eigenvalue weighted by Gasteiger charge is 2.17. The molecule has 1 unspecified atom stereocenters. The fraction of sp³-hybridized carbons (Fsp3) is 0.778. The summed E-state index contributed by atoms with van der Waals surface area (Å²) < 4.78 is 0. The molecule has 0 bridgehead atoms. The molecule has 88 valence electrons. The van der Waals surface area contributed by atoms with Crippen molar-refractivity contribution in [2.24, 2.45) is 5.73 Å². The number of aliphatic carboxylic acids is 1. The predicted molar refractivity (Wildman–Crippen MR) is 54.2 cm³/mol. The van der Waals surface area contributed by atoms with Crippen LogP contribution in [-0.2, 0) is 9.59 Å². The van der Waals surface area contributed by atoms with E-state index in [4.69, 9.17) is 15.9 Å². The number of amides is 1. The van der Waals surface area contributed by atoms with Crippen LogP contribution in [0.4, 0.5) is 0 Å². The van der Waals surface area contributed by atoms with Crippen molar-refractivity contribution in [1.29, 1.82) is 0 Å². The molecule has 15 heavy (non-hydrogen) atoms. The minimum atomic E-state index is -1.23. The van der Waals surface area contributed by atoms with Crippen LogP contribution < -0.4 is 11.1 Å². The number of carboxylic acids is 1. The first kappa shape index (κ1) is 13.9. The Labute approximate surface area is 88.5 Å². The average Bonchev–Trinajstić information content (AvgIpc) is 2.20. The van der Waals surface area contributed by atoms with Crippen molar-refractivity contribution in [2.75, 3.05) is 13.2 Å². The number of carbonyl (C=O) groups excluding carboxylic acids is 1. The lowest BCUT2D eigenvalue weighted by atomic mass is 10.2. The van der Waals surface area contributed by atoms with Crippen molar-refractivity contribution in [1.82, 2.24) is 5.32 Å². The van der Waals surface area contributed by atoms with Crippen molar-refractivity contribution in [3.8, 4) is 0 Å². The van der Waals surface area contributed by atoms with Crippen LogP contribution in [0.15, 0.2) is 0 Å². The van der Waals surface area contributed by atoms with Crippen molar-refractivity contribution >= 4 is 11.9 Å². The van der Waals surface area contributed by atoms with Gasteiger partial charge in [0.1, 0.15) is 6.04 Å². The first-order valence-corrected chi connectivity index (χ1v) is 4.95. The summed E-state index contributed by atoms with van der Waals surface area (Å²) in [5.41, 5.74) is 5.28. The number of hydrogen-bond acceptors (Lipinski definition) is 4. The minimum absolute atomic E-state index is 0.268. The Balaban J connectivity index is 3.67. The summed E-state index contributed by atoms with van der Waals surface area (Å²) in [5, 5.41) is 19.4. The molecule has 6 nitrogen and oxygen atoms in total. The Hall–Kier alpha value is -1.14. The molecule has 0 heterocycles. The van der Waals surface area contributed by atoms with Gasteiger partial charge in [0.05, 0.1) is 6.61 Å². The van der Waals surface area contributed by atoms with Crippen molar-refractivity contribution in [2.45, 2.75) is 31.7 Å². The Morgan fingerprint density at radius 2 is 1.93 bits per heavy atom. The number of aliphatic hydroxyl groups excluding tert-OH is 1. The van der Waals surface area contributed by atoms with Gasteiger partial charge in [0, 0.05) is 6.42 Å². The largest absolute Gasteiger partial charge is 0.480 e. The molecule has 0 saturated carbocycles. The zero-order valence-corrected chi connectivity index (χ0v) is 8.61. The van der Waals surface area contributed by atoms with Crippen LogP contribution in [0.3, 0.4) is 0 Å². The highest BCUT2D eigenvalue weighted by Crippen LogP contribution is 1.98.